The predicted octanol–water partition coefficient (Wildman–Crippen LogP) is 5.31. The molecule has 1 fully saturated rings. The van der Waals surface area contributed by atoms with Crippen molar-refractivity contribution in [2.45, 2.75) is 32.0 Å². The van der Waals surface area contributed by atoms with Gasteiger partial charge in [0.15, 0.2) is 0 Å². The molecule has 3 aromatic rings. The molecule has 0 aliphatic carbocycles. The van der Waals surface area contributed by atoms with Crippen molar-refractivity contribution in [1.29, 1.82) is 0 Å². The van der Waals surface area contributed by atoms with Crippen LogP contribution in [0.15, 0.2) is 78.9 Å². The number of rotatable bonds is 7. The van der Waals surface area contributed by atoms with Crippen molar-refractivity contribution in [2.24, 2.45) is 0 Å². The minimum atomic E-state index is 0.0215. The van der Waals surface area contributed by atoms with Gasteiger partial charge < -0.3 is 10.1 Å². The van der Waals surface area contributed by atoms with Crippen molar-refractivity contribution in [1.82, 2.24) is 10.2 Å². The summed E-state index contributed by atoms with van der Waals surface area (Å²) in [5, 5.41) is 3.90. The van der Waals surface area contributed by atoms with Crippen LogP contribution < -0.4 is 10.1 Å². The maximum Gasteiger partial charge on any atom is 0.251 e. The molecule has 3 aromatic carbocycles. The Morgan fingerprint density at radius 2 is 1.55 bits per heavy atom. The highest BCUT2D eigenvalue weighted by molar-refractivity contribution is 6.30. The van der Waals surface area contributed by atoms with Crippen LogP contribution in [0.2, 0.25) is 5.02 Å². The molecule has 0 bridgehead atoms. The Morgan fingerprint density at radius 3 is 2.23 bits per heavy atom. The zero-order valence-corrected chi connectivity index (χ0v) is 18.2. The molecule has 1 heterocycles. The maximum atomic E-state index is 12.3. The second-order valence-corrected chi connectivity index (χ2v) is 8.39. The highest BCUT2D eigenvalue weighted by Gasteiger charge is 2.21. The van der Waals surface area contributed by atoms with Crippen LogP contribution in [-0.2, 0) is 13.2 Å². The van der Waals surface area contributed by atoms with Gasteiger partial charge in [0.05, 0.1) is 0 Å². The van der Waals surface area contributed by atoms with Gasteiger partial charge in [0.1, 0.15) is 12.4 Å². The number of piperidine rings is 1. The van der Waals surface area contributed by atoms with E-state index in [2.05, 4.69) is 22.3 Å². The van der Waals surface area contributed by atoms with Gasteiger partial charge in [-0.1, -0.05) is 54.1 Å². The first-order valence-corrected chi connectivity index (χ1v) is 11.1. The Bertz CT molecular complexity index is 967. The molecule has 5 heteroatoms. The molecule has 4 nitrogen and oxygen atoms in total. The third-order valence-electron chi connectivity index (χ3n) is 5.61. The molecule has 1 N–H and O–H groups in total. The molecule has 1 amide bonds. The van der Waals surface area contributed by atoms with Crippen molar-refractivity contribution in [3.05, 3.63) is 101 Å². The van der Waals surface area contributed by atoms with Crippen LogP contribution in [-0.4, -0.2) is 29.9 Å². The summed E-state index contributed by atoms with van der Waals surface area (Å²) in [5.41, 5.74) is 3.09. The Morgan fingerprint density at radius 1 is 0.903 bits per heavy atom. The molecule has 1 saturated heterocycles. The highest BCUT2D eigenvalue weighted by Crippen LogP contribution is 2.19. The van der Waals surface area contributed by atoms with Crippen molar-refractivity contribution >= 4 is 17.5 Å². The van der Waals surface area contributed by atoms with E-state index in [1.54, 1.807) is 0 Å². The number of nitrogens with zero attached hydrogens (tertiary/aromatic N) is 1. The van der Waals surface area contributed by atoms with Crippen molar-refractivity contribution in [2.75, 3.05) is 13.1 Å². The smallest absolute Gasteiger partial charge is 0.251 e. The fraction of sp³-hybridized carbons (Fsp3) is 0.269. The number of benzene rings is 3. The number of amides is 1. The van der Waals surface area contributed by atoms with E-state index in [-0.39, 0.29) is 11.9 Å². The van der Waals surface area contributed by atoms with Gasteiger partial charge in [-0.05, 0) is 60.4 Å². The first-order chi connectivity index (χ1) is 15.2. The zero-order valence-electron chi connectivity index (χ0n) is 17.5. The minimum absolute atomic E-state index is 0.0215. The number of likely N-dealkylation sites (tertiary alicyclic amines) is 1. The number of nitrogens with one attached hydrogen (secondary N) is 1. The van der Waals surface area contributed by atoms with Crippen molar-refractivity contribution in [3.63, 3.8) is 0 Å². The van der Waals surface area contributed by atoms with E-state index >= 15 is 0 Å². The van der Waals surface area contributed by atoms with E-state index < -0.39 is 0 Å². The zero-order chi connectivity index (χ0) is 21.5. The second kappa shape index (κ2) is 10.5. The maximum absolute atomic E-state index is 12.3. The number of carbonyl (C=O) groups is 1. The molecule has 1 aliphatic rings. The van der Waals surface area contributed by atoms with E-state index in [9.17, 15) is 4.79 Å². The van der Waals surface area contributed by atoms with Gasteiger partial charge in [-0.15, -0.1) is 0 Å². The lowest BCUT2D eigenvalue weighted by atomic mass is 10.0. The molecule has 31 heavy (non-hydrogen) atoms. The topological polar surface area (TPSA) is 41.6 Å². The third kappa shape index (κ3) is 6.33. The fourth-order valence-corrected chi connectivity index (χ4v) is 3.92. The van der Waals surface area contributed by atoms with Crippen LogP contribution >= 0.6 is 11.6 Å². The standard InChI is InChI=1S/C26H27ClN2O2/c27-23-10-6-21(7-11-23)19-31-25-12-8-20(9-13-25)18-29-16-14-24(15-17-29)28-26(30)22-4-2-1-3-5-22/h1-13,24H,14-19H2,(H,28,30). The molecule has 0 aromatic heterocycles. The van der Waals surface area contributed by atoms with Crippen molar-refractivity contribution in [3.8, 4) is 5.75 Å². The SMILES string of the molecule is O=C(NC1CCN(Cc2ccc(OCc3ccc(Cl)cc3)cc2)CC1)c1ccccc1. The lowest BCUT2D eigenvalue weighted by molar-refractivity contribution is 0.0909. The lowest BCUT2D eigenvalue weighted by Crippen LogP contribution is -2.44. The normalized spacial score (nSPS) is 14.9. The van der Waals surface area contributed by atoms with Gasteiger partial charge in [-0.25, -0.2) is 0 Å². The van der Waals surface area contributed by atoms with Crippen LogP contribution in [0, 0.1) is 0 Å². The lowest BCUT2D eigenvalue weighted by Gasteiger charge is -2.32. The first kappa shape index (κ1) is 21.4. The average molecular weight is 435 g/mol. The monoisotopic (exact) mass is 434 g/mol. The van der Waals surface area contributed by atoms with Gasteiger partial charge in [-0.2, -0.15) is 0 Å². The number of carbonyl (C=O) groups excluding carboxylic acids is 1. The Kier molecular flexibility index (Phi) is 7.23. The molecule has 0 spiro atoms. The minimum Gasteiger partial charge on any atom is -0.489 e. The summed E-state index contributed by atoms with van der Waals surface area (Å²) in [4.78, 5) is 14.8. The summed E-state index contributed by atoms with van der Waals surface area (Å²) in [7, 11) is 0. The summed E-state index contributed by atoms with van der Waals surface area (Å²) < 4.78 is 5.87. The molecule has 160 valence electrons. The second-order valence-electron chi connectivity index (χ2n) is 7.95. The van der Waals surface area contributed by atoms with Crippen molar-refractivity contribution < 1.29 is 9.53 Å². The van der Waals surface area contributed by atoms with Crippen LogP contribution in [0.4, 0.5) is 0 Å². The van der Waals surface area contributed by atoms with Gasteiger partial charge in [0.25, 0.3) is 5.91 Å². The van der Waals surface area contributed by atoms with Gasteiger partial charge in [0, 0.05) is 36.3 Å². The summed E-state index contributed by atoms with van der Waals surface area (Å²) in [6, 6.07) is 25.7. The summed E-state index contributed by atoms with van der Waals surface area (Å²) >= 11 is 5.92. The Balaban J connectivity index is 1.20. The van der Waals surface area contributed by atoms with Crippen LogP contribution in [0.5, 0.6) is 5.75 Å². The molecule has 0 saturated carbocycles. The largest absolute Gasteiger partial charge is 0.489 e. The Labute approximate surface area is 188 Å². The number of hydrogen-bond acceptors (Lipinski definition) is 3. The fourth-order valence-electron chi connectivity index (χ4n) is 3.79. The van der Waals surface area contributed by atoms with E-state index in [1.807, 2.05) is 66.7 Å². The first-order valence-electron chi connectivity index (χ1n) is 10.7. The molecule has 0 unspecified atom stereocenters. The molecule has 1 aliphatic heterocycles. The van der Waals surface area contributed by atoms with Crippen LogP contribution in [0.1, 0.15) is 34.3 Å². The molecule has 0 atom stereocenters. The molecular weight excluding hydrogens is 408 g/mol. The van der Waals surface area contributed by atoms with E-state index in [4.69, 9.17) is 16.3 Å². The number of halogens is 1. The van der Waals surface area contributed by atoms with E-state index in [0.29, 0.717) is 6.61 Å². The van der Waals surface area contributed by atoms with Gasteiger partial charge in [-0.3, -0.25) is 9.69 Å². The summed E-state index contributed by atoms with van der Waals surface area (Å²) in [5.74, 6) is 0.884. The van der Waals surface area contributed by atoms with Gasteiger partial charge >= 0.3 is 0 Å². The third-order valence-corrected chi connectivity index (χ3v) is 5.86. The van der Waals surface area contributed by atoms with Crippen LogP contribution in [0.3, 0.4) is 0 Å². The summed E-state index contributed by atoms with van der Waals surface area (Å²) in [6.07, 6.45) is 1.95. The molecular formula is C26H27ClN2O2. The number of hydrogen-bond donors (Lipinski definition) is 1. The van der Waals surface area contributed by atoms with E-state index in [1.165, 1.54) is 5.56 Å². The molecule has 0 radical (unpaired) electrons. The quantitative estimate of drug-likeness (QED) is 0.547. The molecule has 4 rings (SSSR count). The highest BCUT2D eigenvalue weighted by atomic mass is 35.5. The number of ether oxygens (including phenoxy) is 1. The average Bonchev–Trinajstić information content (AvgIpc) is 2.81. The predicted molar refractivity (Wildman–Crippen MR) is 124 cm³/mol. The summed E-state index contributed by atoms with van der Waals surface area (Å²) in [6.45, 7) is 3.40. The Hall–Kier alpha value is -2.82. The van der Waals surface area contributed by atoms with Crippen LogP contribution in [0.25, 0.3) is 0 Å². The van der Waals surface area contributed by atoms with E-state index in [0.717, 1.165) is 54.4 Å². The van der Waals surface area contributed by atoms with Gasteiger partial charge in [0.2, 0.25) is 0 Å².